The van der Waals surface area contributed by atoms with Crippen molar-refractivity contribution in [3.63, 3.8) is 0 Å². The van der Waals surface area contributed by atoms with Gasteiger partial charge in [0.05, 0.1) is 16.9 Å². The van der Waals surface area contributed by atoms with Crippen molar-refractivity contribution in [3.8, 4) is 5.75 Å². The number of fused-ring (bicyclic) bond motifs is 1. The highest BCUT2D eigenvalue weighted by atomic mass is 32.1. The number of thiophene rings is 1. The van der Waals surface area contributed by atoms with Crippen LogP contribution in [-0.4, -0.2) is 27.5 Å². The molecule has 0 radical (unpaired) electrons. The third-order valence-corrected chi connectivity index (χ3v) is 5.06. The molecule has 0 saturated heterocycles. The average molecular weight is 400 g/mol. The number of hydrogen-bond donors (Lipinski definition) is 1. The minimum Gasteiger partial charge on any atom is -0.868 e. The number of nitrogens with one attached hydrogen (secondary N) is 1. The largest absolute Gasteiger partial charge is 0.868 e. The summed E-state index contributed by atoms with van der Waals surface area (Å²) in [6, 6.07) is 3.67. The molecule has 28 heavy (non-hydrogen) atoms. The Hall–Kier alpha value is -3.53. The maximum absolute atomic E-state index is 12.4. The van der Waals surface area contributed by atoms with Gasteiger partial charge in [0.1, 0.15) is 15.5 Å². The fourth-order valence-electron chi connectivity index (χ4n) is 2.59. The molecule has 0 bridgehead atoms. The smallest absolute Gasteiger partial charge is 0.348 e. The van der Waals surface area contributed by atoms with Crippen molar-refractivity contribution in [1.29, 1.82) is 0 Å². The maximum Gasteiger partial charge on any atom is 0.348 e. The lowest BCUT2D eigenvalue weighted by atomic mass is 10.1. The zero-order valence-corrected chi connectivity index (χ0v) is 15.7. The van der Waals surface area contributed by atoms with E-state index in [1.54, 1.807) is 13.8 Å². The van der Waals surface area contributed by atoms with Gasteiger partial charge < -0.3 is 14.8 Å². The highest BCUT2D eigenvalue weighted by molar-refractivity contribution is 7.20. The molecule has 2 heterocycles. The van der Waals surface area contributed by atoms with E-state index in [1.807, 2.05) is 0 Å². The molecule has 9 nitrogen and oxygen atoms in total. The number of aromatic nitrogens is 2. The number of nitrogens with zero attached hydrogens (tertiary/aromatic N) is 2. The number of carbonyl (C=O) groups is 1. The Bertz CT molecular complexity index is 1180. The van der Waals surface area contributed by atoms with Crippen molar-refractivity contribution in [2.75, 3.05) is 6.61 Å². The second-order valence-corrected chi connectivity index (χ2v) is 6.72. The third-order valence-electron chi connectivity index (χ3n) is 3.89. The van der Waals surface area contributed by atoms with E-state index in [0.29, 0.717) is 26.2 Å². The SMILES string of the molecule is CCOC(=O)c1sc2nc(/C=C/c3ccc([O-])c([N+](=O)[O-])c3)[nH]c(=O)c2c1C. The fourth-order valence-corrected chi connectivity index (χ4v) is 3.67. The molecule has 0 unspecified atom stereocenters. The first-order chi connectivity index (χ1) is 13.3. The van der Waals surface area contributed by atoms with E-state index in [0.717, 1.165) is 23.5 Å². The van der Waals surface area contributed by atoms with E-state index in [9.17, 15) is 24.8 Å². The summed E-state index contributed by atoms with van der Waals surface area (Å²) in [6.45, 7) is 3.57. The van der Waals surface area contributed by atoms with Crippen molar-refractivity contribution in [2.24, 2.45) is 0 Å². The van der Waals surface area contributed by atoms with Crippen molar-refractivity contribution in [1.82, 2.24) is 9.97 Å². The number of carbonyl (C=O) groups excluding carboxylic acids is 1. The van der Waals surface area contributed by atoms with Gasteiger partial charge in [0.2, 0.25) is 0 Å². The van der Waals surface area contributed by atoms with Gasteiger partial charge in [0.25, 0.3) is 11.2 Å². The summed E-state index contributed by atoms with van der Waals surface area (Å²) in [4.78, 5) is 42.1. The summed E-state index contributed by atoms with van der Waals surface area (Å²) in [6.07, 6.45) is 2.95. The van der Waals surface area contributed by atoms with Crippen molar-refractivity contribution < 1.29 is 19.6 Å². The molecule has 0 aliphatic carbocycles. The molecule has 144 valence electrons. The number of esters is 1. The van der Waals surface area contributed by atoms with Gasteiger partial charge in [-0.25, -0.2) is 9.78 Å². The van der Waals surface area contributed by atoms with Crippen LogP contribution in [0.3, 0.4) is 0 Å². The van der Waals surface area contributed by atoms with Crippen molar-refractivity contribution >= 4 is 45.4 Å². The van der Waals surface area contributed by atoms with Gasteiger partial charge in [0, 0.05) is 6.07 Å². The zero-order valence-electron chi connectivity index (χ0n) is 14.8. The Morgan fingerprint density at radius 2 is 2.14 bits per heavy atom. The first kappa shape index (κ1) is 19.2. The van der Waals surface area contributed by atoms with Crippen LogP contribution in [0, 0.1) is 17.0 Å². The molecule has 0 fully saturated rings. The second kappa shape index (κ2) is 7.61. The molecule has 0 atom stereocenters. The van der Waals surface area contributed by atoms with Crippen LogP contribution in [0.1, 0.15) is 33.5 Å². The number of nitro benzene ring substituents is 1. The molecular formula is C18H14N3O6S-. The van der Waals surface area contributed by atoms with Crippen LogP contribution in [0.2, 0.25) is 0 Å². The number of aromatic amines is 1. The lowest BCUT2D eigenvalue weighted by Gasteiger charge is -2.06. The van der Waals surface area contributed by atoms with Gasteiger partial charge >= 0.3 is 5.97 Å². The Kier molecular flexibility index (Phi) is 5.23. The highest BCUT2D eigenvalue weighted by Crippen LogP contribution is 2.28. The Morgan fingerprint density at radius 3 is 2.82 bits per heavy atom. The van der Waals surface area contributed by atoms with Crippen molar-refractivity contribution in [3.05, 3.63) is 60.5 Å². The van der Waals surface area contributed by atoms with E-state index in [1.165, 1.54) is 18.2 Å². The van der Waals surface area contributed by atoms with Crippen LogP contribution in [0.5, 0.6) is 5.75 Å². The second-order valence-electron chi connectivity index (χ2n) is 5.73. The molecule has 1 aromatic carbocycles. The Morgan fingerprint density at radius 1 is 1.39 bits per heavy atom. The van der Waals surface area contributed by atoms with Gasteiger partial charge in [-0.05, 0) is 36.8 Å². The summed E-state index contributed by atoms with van der Waals surface area (Å²) < 4.78 is 4.99. The quantitative estimate of drug-likeness (QED) is 0.394. The molecule has 3 aromatic rings. The topological polar surface area (TPSA) is 138 Å². The minimum atomic E-state index is -0.753. The third kappa shape index (κ3) is 3.62. The van der Waals surface area contributed by atoms with Gasteiger partial charge in [0.15, 0.2) is 0 Å². The number of rotatable bonds is 5. The maximum atomic E-state index is 12.4. The number of benzene rings is 1. The highest BCUT2D eigenvalue weighted by Gasteiger charge is 2.19. The number of aryl methyl sites for hydroxylation is 1. The summed E-state index contributed by atoms with van der Waals surface area (Å²) in [5.41, 5.74) is -0.0325. The summed E-state index contributed by atoms with van der Waals surface area (Å²) in [5, 5.41) is 22.6. The first-order valence-corrected chi connectivity index (χ1v) is 8.97. The van der Waals surface area contributed by atoms with Crippen LogP contribution in [-0.2, 0) is 4.74 Å². The molecule has 0 spiro atoms. The lowest BCUT2D eigenvalue weighted by molar-refractivity contribution is -0.398. The van der Waals surface area contributed by atoms with E-state index >= 15 is 0 Å². The molecule has 2 aromatic heterocycles. The number of H-pyrrole nitrogens is 1. The van der Waals surface area contributed by atoms with E-state index in [-0.39, 0.29) is 12.4 Å². The summed E-state index contributed by atoms with van der Waals surface area (Å²) in [5.74, 6) is -0.983. The monoisotopic (exact) mass is 400 g/mol. The Balaban J connectivity index is 2.00. The molecule has 0 aliphatic rings. The molecule has 0 amide bonds. The van der Waals surface area contributed by atoms with Crippen LogP contribution < -0.4 is 10.7 Å². The minimum absolute atomic E-state index is 0.211. The van der Waals surface area contributed by atoms with Crippen LogP contribution in [0.4, 0.5) is 5.69 Å². The van der Waals surface area contributed by atoms with Crippen LogP contribution in [0.25, 0.3) is 22.4 Å². The van der Waals surface area contributed by atoms with Crippen LogP contribution in [0.15, 0.2) is 23.0 Å². The molecular weight excluding hydrogens is 386 g/mol. The Labute approximate surface area is 162 Å². The average Bonchev–Trinajstić information content (AvgIpc) is 2.98. The molecule has 10 heteroatoms. The summed E-state index contributed by atoms with van der Waals surface area (Å²) in [7, 11) is 0. The predicted octanol–water partition coefficient (Wildman–Crippen LogP) is 2.62. The van der Waals surface area contributed by atoms with Gasteiger partial charge in [-0.1, -0.05) is 18.2 Å². The number of hydrogen-bond acceptors (Lipinski definition) is 8. The predicted molar refractivity (Wildman–Crippen MR) is 102 cm³/mol. The van der Waals surface area contributed by atoms with Gasteiger partial charge in [-0.3, -0.25) is 14.9 Å². The van der Waals surface area contributed by atoms with E-state index in [4.69, 9.17) is 4.74 Å². The number of nitro groups is 1. The van der Waals surface area contributed by atoms with E-state index in [2.05, 4.69) is 9.97 Å². The molecule has 3 rings (SSSR count). The van der Waals surface area contributed by atoms with Gasteiger partial charge in [-0.15, -0.1) is 11.3 Å². The zero-order chi connectivity index (χ0) is 20.4. The first-order valence-electron chi connectivity index (χ1n) is 8.16. The lowest BCUT2D eigenvalue weighted by Crippen LogP contribution is -2.10. The van der Waals surface area contributed by atoms with Gasteiger partial charge in [-0.2, -0.15) is 0 Å². The standard InChI is InChI=1S/C18H15N3O6S/c1-3-27-18(24)15-9(2)14-16(23)19-13(20-17(14)28-15)7-5-10-4-6-12(22)11(8-10)21(25)26/h4-8,22H,3H2,1-2H3,(H,19,20,23)/p-1/b7-5+. The molecule has 1 N–H and O–H groups in total. The molecule has 0 saturated carbocycles. The summed E-state index contributed by atoms with van der Waals surface area (Å²) >= 11 is 1.06. The fraction of sp³-hybridized carbons (Fsp3) is 0.167. The number of ether oxygens (including phenoxy) is 1. The van der Waals surface area contributed by atoms with Crippen molar-refractivity contribution in [2.45, 2.75) is 13.8 Å². The normalized spacial score (nSPS) is 11.2. The van der Waals surface area contributed by atoms with E-state index < -0.39 is 27.9 Å². The molecule has 0 aliphatic heterocycles. The van der Waals surface area contributed by atoms with Crippen LogP contribution >= 0.6 is 11.3 Å².